The minimum Gasteiger partial charge on any atom is -0.454 e. The molecule has 0 rings (SSSR count). The molecule has 0 saturated carbocycles. The van der Waals surface area contributed by atoms with Gasteiger partial charge < -0.3 is 9.47 Å². The average Bonchev–Trinajstić information content (AvgIpc) is 2.20. The van der Waals surface area contributed by atoms with E-state index in [-0.39, 0.29) is 12.1 Å². The van der Waals surface area contributed by atoms with E-state index in [2.05, 4.69) is 15.0 Å². The van der Waals surface area contributed by atoms with Crippen LogP contribution < -0.4 is 0 Å². The van der Waals surface area contributed by atoms with Gasteiger partial charge in [0.15, 0.2) is 5.72 Å². The Morgan fingerprint density at radius 2 is 1.82 bits per heavy atom. The molecule has 0 N–H and O–H groups in total. The van der Waals surface area contributed by atoms with Crippen molar-refractivity contribution in [3.05, 3.63) is 0 Å². The SMILES string of the molecule is COC(C)(CCCOC(=O)Cl)/N=N/C(C)(C)C. The van der Waals surface area contributed by atoms with Crippen molar-refractivity contribution in [1.82, 2.24) is 0 Å². The summed E-state index contributed by atoms with van der Waals surface area (Å²) in [6.07, 6.45) is 1.22. The number of rotatable bonds is 6. The van der Waals surface area contributed by atoms with E-state index in [1.54, 1.807) is 7.11 Å². The second kappa shape index (κ2) is 6.91. The second-order valence-corrected chi connectivity index (χ2v) is 5.25. The van der Waals surface area contributed by atoms with E-state index in [1.165, 1.54) is 0 Å². The number of halogens is 1. The number of methoxy groups -OCH3 is 1. The number of hydrogen-bond donors (Lipinski definition) is 0. The van der Waals surface area contributed by atoms with Crippen LogP contribution >= 0.6 is 11.6 Å². The van der Waals surface area contributed by atoms with Gasteiger partial charge in [-0.25, -0.2) is 4.79 Å². The molecule has 0 amide bonds. The summed E-state index contributed by atoms with van der Waals surface area (Å²) in [6.45, 7) is 7.97. The third kappa shape index (κ3) is 9.06. The van der Waals surface area contributed by atoms with Crippen molar-refractivity contribution in [3.63, 3.8) is 0 Å². The van der Waals surface area contributed by atoms with Gasteiger partial charge in [-0.1, -0.05) is 0 Å². The van der Waals surface area contributed by atoms with Gasteiger partial charge in [0.05, 0.1) is 12.1 Å². The zero-order chi connectivity index (χ0) is 13.5. The van der Waals surface area contributed by atoms with Crippen molar-refractivity contribution in [3.8, 4) is 0 Å². The molecular weight excluding hydrogens is 244 g/mol. The van der Waals surface area contributed by atoms with Gasteiger partial charge in [-0.05, 0) is 34.1 Å². The van der Waals surface area contributed by atoms with Crippen molar-refractivity contribution in [2.45, 2.75) is 51.8 Å². The van der Waals surface area contributed by atoms with Crippen LogP contribution in [0.1, 0.15) is 40.5 Å². The summed E-state index contributed by atoms with van der Waals surface area (Å²) < 4.78 is 9.93. The van der Waals surface area contributed by atoms with E-state index in [9.17, 15) is 4.79 Å². The molecule has 5 nitrogen and oxygen atoms in total. The maximum atomic E-state index is 10.4. The Morgan fingerprint density at radius 3 is 2.24 bits per heavy atom. The molecule has 100 valence electrons. The van der Waals surface area contributed by atoms with Gasteiger partial charge in [-0.15, -0.1) is 0 Å². The van der Waals surface area contributed by atoms with Crippen LogP contribution in [0.15, 0.2) is 10.2 Å². The van der Waals surface area contributed by atoms with Crippen molar-refractivity contribution in [1.29, 1.82) is 0 Å². The van der Waals surface area contributed by atoms with E-state index >= 15 is 0 Å². The topological polar surface area (TPSA) is 60.2 Å². The fourth-order valence-corrected chi connectivity index (χ4v) is 1.08. The molecule has 0 bridgehead atoms. The van der Waals surface area contributed by atoms with Crippen LogP contribution in [0.5, 0.6) is 0 Å². The number of carbonyl (C=O) groups is 1. The normalized spacial score (nSPS) is 15.9. The van der Waals surface area contributed by atoms with Gasteiger partial charge in [0.25, 0.3) is 0 Å². The average molecular weight is 265 g/mol. The van der Waals surface area contributed by atoms with E-state index in [0.29, 0.717) is 12.8 Å². The Bertz CT molecular complexity index is 276. The van der Waals surface area contributed by atoms with E-state index in [4.69, 9.17) is 16.3 Å². The largest absolute Gasteiger partial charge is 0.454 e. The minimum absolute atomic E-state index is 0.234. The van der Waals surface area contributed by atoms with Crippen molar-refractivity contribution in [2.24, 2.45) is 10.2 Å². The molecular formula is C11H21ClN2O3. The summed E-state index contributed by atoms with van der Waals surface area (Å²) in [5.74, 6) is 0. The fraction of sp³-hybridized carbons (Fsp3) is 0.909. The molecule has 0 fully saturated rings. The van der Waals surface area contributed by atoms with Crippen LogP contribution in [0.25, 0.3) is 0 Å². The molecule has 0 aliphatic rings. The van der Waals surface area contributed by atoms with Gasteiger partial charge in [0.2, 0.25) is 0 Å². The van der Waals surface area contributed by atoms with Crippen LogP contribution in [-0.2, 0) is 9.47 Å². The molecule has 17 heavy (non-hydrogen) atoms. The molecule has 6 heteroatoms. The zero-order valence-corrected chi connectivity index (χ0v) is 11.9. The third-order valence-electron chi connectivity index (χ3n) is 2.00. The molecule has 0 heterocycles. The lowest BCUT2D eigenvalue weighted by molar-refractivity contribution is -0.00653. The van der Waals surface area contributed by atoms with Crippen molar-refractivity contribution in [2.75, 3.05) is 13.7 Å². The van der Waals surface area contributed by atoms with E-state index in [1.807, 2.05) is 27.7 Å². The standard InChI is InChI=1S/C11H21ClN2O3/c1-10(2,3)13-14-11(4,16-5)7-6-8-17-9(12)15/h6-8H2,1-5H3/b14-13+. The van der Waals surface area contributed by atoms with Crippen molar-refractivity contribution >= 4 is 17.0 Å². The lowest BCUT2D eigenvalue weighted by atomic mass is 10.1. The number of ether oxygens (including phenoxy) is 2. The molecule has 0 saturated heterocycles. The molecule has 1 atom stereocenters. The zero-order valence-electron chi connectivity index (χ0n) is 11.1. The molecule has 0 radical (unpaired) electrons. The first kappa shape index (κ1) is 16.3. The molecule has 0 aliphatic carbocycles. The Kier molecular flexibility index (Phi) is 6.64. The van der Waals surface area contributed by atoms with Crippen LogP contribution in [-0.4, -0.2) is 30.4 Å². The summed E-state index contributed by atoms with van der Waals surface area (Å²) in [5, 5.41) is 8.37. The van der Waals surface area contributed by atoms with Gasteiger partial charge >= 0.3 is 5.43 Å². The third-order valence-corrected chi connectivity index (χ3v) is 2.11. The first-order chi connectivity index (χ1) is 7.68. The van der Waals surface area contributed by atoms with Gasteiger partial charge in [0.1, 0.15) is 0 Å². The van der Waals surface area contributed by atoms with E-state index in [0.717, 1.165) is 0 Å². The Hall–Kier alpha value is -0.680. The lowest BCUT2D eigenvalue weighted by Gasteiger charge is -2.23. The first-order valence-electron chi connectivity index (χ1n) is 5.50. The van der Waals surface area contributed by atoms with Crippen molar-refractivity contribution < 1.29 is 14.3 Å². The second-order valence-electron chi connectivity index (χ2n) is 4.94. The number of carbonyl (C=O) groups excluding carboxylic acids is 1. The van der Waals surface area contributed by atoms with Crippen LogP contribution in [0, 0.1) is 0 Å². The highest BCUT2D eigenvalue weighted by atomic mass is 35.5. The molecule has 0 aromatic heterocycles. The molecule has 1 unspecified atom stereocenters. The quantitative estimate of drug-likeness (QED) is 0.417. The Labute approximate surface area is 108 Å². The molecule has 0 spiro atoms. The van der Waals surface area contributed by atoms with Gasteiger partial charge in [-0.3, -0.25) is 0 Å². The fourth-order valence-electron chi connectivity index (χ4n) is 1.00. The smallest absolute Gasteiger partial charge is 0.403 e. The highest BCUT2D eigenvalue weighted by molar-refractivity contribution is 6.61. The summed E-state index contributed by atoms with van der Waals surface area (Å²) in [4.78, 5) is 10.4. The maximum absolute atomic E-state index is 10.4. The number of azo groups is 1. The predicted octanol–water partition coefficient (Wildman–Crippen LogP) is 3.76. The van der Waals surface area contributed by atoms with Crippen LogP contribution in [0.2, 0.25) is 0 Å². The highest BCUT2D eigenvalue weighted by Crippen LogP contribution is 2.21. The predicted molar refractivity (Wildman–Crippen MR) is 66.5 cm³/mol. The summed E-state index contributed by atoms with van der Waals surface area (Å²) in [7, 11) is 1.58. The first-order valence-corrected chi connectivity index (χ1v) is 5.88. The number of nitrogens with zero attached hydrogens (tertiary/aromatic N) is 2. The van der Waals surface area contributed by atoms with Gasteiger partial charge in [0, 0.05) is 25.1 Å². The maximum Gasteiger partial charge on any atom is 0.403 e. The molecule has 0 aromatic rings. The minimum atomic E-state index is -0.791. The van der Waals surface area contributed by atoms with E-state index < -0.39 is 11.2 Å². The highest BCUT2D eigenvalue weighted by Gasteiger charge is 2.23. The summed E-state index contributed by atoms with van der Waals surface area (Å²) in [5.41, 5.74) is -1.71. The lowest BCUT2D eigenvalue weighted by Crippen LogP contribution is -2.26. The number of hydrogen-bond acceptors (Lipinski definition) is 5. The molecule has 0 aliphatic heterocycles. The molecule has 0 aromatic carbocycles. The Balaban J connectivity index is 4.19. The Morgan fingerprint density at radius 1 is 1.24 bits per heavy atom. The van der Waals surface area contributed by atoms with Crippen LogP contribution in [0.3, 0.4) is 0 Å². The van der Waals surface area contributed by atoms with Crippen LogP contribution in [0.4, 0.5) is 4.79 Å². The summed E-state index contributed by atoms with van der Waals surface area (Å²) >= 11 is 5.05. The summed E-state index contributed by atoms with van der Waals surface area (Å²) in [6, 6.07) is 0. The monoisotopic (exact) mass is 264 g/mol. The van der Waals surface area contributed by atoms with Gasteiger partial charge in [-0.2, -0.15) is 10.2 Å².